The fourth-order valence-electron chi connectivity index (χ4n) is 2.37. The van der Waals surface area contributed by atoms with Crippen molar-refractivity contribution in [3.05, 3.63) is 48.0 Å². The molecule has 0 amide bonds. The predicted molar refractivity (Wildman–Crippen MR) is 79.5 cm³/mol. The van der Waals surface area contributed by atoms with Gasteiger partial charge in [-0.3, -0.25) is 9.67 Å². The van der Waals surface area contributed by atoms with E-state index in [2.05, 4.69) is 33.4 Å². The fraction of sp³-hybridized carbons (Fsp3) is 0.267. The normalized spacial score (nSPS) is 12.6. The van der Waals surface area contributed by atoms with Gasteiger partial charge in [-0.25, -0.2) is 4.98 Å². The van der Waals surface area contributed by atoms with Crippen LogP contribution in [0.15, 0.2) is 36.8 Å². The molecule has 5 heteroatoms. The molecular formula is C15H17N5. The molecule has 1 atom stereocenters. The molecule has 1 unspecified atom stereocenters. The highest BCUT2D eigenvalue weighted by Crippen LogP contribution is 2.23. The summed E-state index contributed by atoms with van der Waals surface area (Å²) in [6.07, 6.45) is 5.46. The van der Waals surface area contributed by atoms with Crippen molar-refractivity contribution in [2.24, 2.45) is 7.05 Å². The molecule has 20 heavy (non-hydrogen) atoms. The Morgan fingerprint density at radius 1 is 1.25 bits per heavy atom. The van der Waals surface area contributed by atoms with Crippen molar-refractivity contribution in [1.82, 2.24) is 19.7 Å². The lowest BCUT2D eigenvalue weighted by Crippen LogP contribution is -2.06. The van der Waals surface area contributed by atoms with E-state index in [9.17, 15) is 0 Å². The quantitative estimate of drug-likeness (QED) is 0.792. The summed E-state index contributed by atoms with van der Waals surface area (Å²) in [7, 11) is 1.91. The van der Waals surface area contributed by atoms with E-state index in [-0.39, 0.29) is 6.04 Å². The molecule has 3 heterocycles. The van der Waals surface area contributed by atoms with Gasteiger partial charge < -0.3 is 5.32 Å². The Morgan fingerprint density at radius 2 is 2.00 bits per heavy atom. The monoisotopic (exact) mass is 267 g/mol. The van der Waals surface area contributed by atoms with E-state index in [0.29, 0.717) is 0 Å². The van der Waals surface area contributed by atoms with Crippen LogP contribution in [0.4, 0.5) is 5.69 Å². The maximum absolute atomic E-state index is 4.47. The smallest absolute Gasteiger partial charge is 0.157 e. The summed E-state index contributed by atoms with van der Waals surface area (Å²) in [6, 6.07) is 6.33. The number of aromatic nitrogens is 4. The molecule has 0 aliphatic heterocycles. The Hall–Kier alpha value is -2.43. The zero-order chi connectivity index (χ0) is 14.1. The van der Waals surface area contributed by atoms with Crippen LogP contribution in [-0.2, 0) is 7.05 Å². The highest BCUT2D eigenvalue weighted by atomic mass is 15.3. The average molecular weight is 267 g/mol. The molecule has 5 nitrogen and oxygen atoms in total. The van der Waals surface area contributed by atoms with Crippen LogP contribution in [0.25, 0.3) is 11.0 Å². The number of aryl methyl sites for hydroxylation is 2. The lowest BCUT2D eigenvalue weighted by Gasteiger charge is -2.15. The van der Waals surface area contributed by atoms with Gasteiger partial charge in [0.05, 0.1) is 17.6 Å². The number of fused-ring (bicyclic) bond motifs is 1. The number of pyridine rings is 2. The molecule has 102 valence electrons. The van der Waals surface area contributed by atoms with Gasteiger partial charge in [0.15, 0.2) is 5.65 Å². The summed E-state index contributed by atoms with van der Waals surface area (Å²) in [6.45, 7) is 4.12. The maximum atomic E-state index is 4.47. The van der Waals surface area contributed by atoms with Crippen LogP contribution in [0.1, 0.15) is 24.2 Å². The van der Waals surface area contributed by atoms with Crippen LogP contribution in [-0.4, -0.2) is 19.7 Å². The van der Waals surface area contributed by atoms with E-state index in [4.69, 9.17) is 0 Å². The van der Waals surface area contributed by atoms with E-state index in [1.807, 2.05) is 32.3 Å². The third-order valence-corrected chi connectivity index (χ3v) is 3.45. The van der Waals surface area contributed by atoms with Gasteiger partial charge in [-0.1, -0.05) is 0 Å². The van der Waals surface area contributed by atoms with Gasteiger partial charge in [0.1, 0.15) is 0 Å². The third kappa shape index (κ3) is 2.22. The first-order valence-electron chi connectivity index (χ1n) is 6.61. The van der Waals surface area contributed by atoms with Crippen molar-refractivity contribution >= 4 is 16.7 Å². The summed E-state index contributed by atoms with van der Waals surface area (Å²) >= 11 is 0. The molecule has 0 fully saturated rings. The molecule has 0 saturated heterocycles. The second kappa shape index (κ2) is 4.92. The number of hydrogen-bond donors (Lipinski definition) is 1. The average Bonchev–Trinajstić information content (AvgIpc) is 2.75. The molecular weight excluding hydrogens is 250 g/mol. The second-order valence-electron chi connectivity index (χ2n) is 4.95. The molecule has 0 saturated carbocycles. The van der Waals surface area contributed by atoms with E-state index >= 15 is 0 Å². The molecule has 0 aliphatic carbocycles. The predicted octanol–water partition coefficient (Wildman–Crippen LogP) is 2.84. The van der Waals surface area contributed by atoms with Crippen LogP contribution in [0, 0.1) is 6.92 Å². The van der Waals surface area contributed by atoms with Crippen molar-refractivity contribution in [3.63, 3.8) is 0 Å². The van der Waals surface area contributed by atoms with E-state index in [1.54, 1.807) is 17.1 Å². The largest absolute Gasteiger partial charge is 0.377 e. The van der Waals surface area contributed by atoms with Crippen molar-refractivity contribution in [1.29, 1.82) is 0 Å². The molecule has 1 N–H and O–H groups in total. The topological polar surface area (TPSA) is 55.6 Å². The first-order valence-corrected chi connectivity index (χ1v) is 6.61. The van der Waals surface area contributed by atoms with Crippen molar-refractivity contribution in [2.75, 3.05) is 5.32 Å². The highest BCUT2D eigenvalue weighted by molar-refractivity contribution is 5.81. The Balaban J connectivity index is 1.90. The Kier molecular flexibility index (Phi) is 3.10. The molecule has 3 aromatic heterocycles. The highest BCUT2D eigenvalue weighted by Gasteiger charge is 2.09. The van der Waals surface area contributed by atoms with E-state index < -0.39 is 0 Å². The van der Waals surface area contributed by atoms with Gasteiger partial charge in [0.25, 0.3) is 0 Å². The van der Waals surface area contributed by atoms with Crippen LogP contribution in [0.3, 0.4) is 0 Å². The van der Waals surface area contributed by atoms with Gasteiger partial charge in [-0.2, -0.15) is 5.10 Å². The SMILES string of the molecule is Cc1nn(C)c2ncc(NC(C)c3ccncc3)cc12. The fourth-order valence-corrected chi connectivity index (χ4v) is 2.37. The third-order valence-electron chi connectivity index (χ3n) is 3.45. The lowest BCUT2D eigenvalue weighted by atomic mass is 10.1. The zero-order valence-electron chi connectivity index (χ0n) is 11.8. The minimum atomic E-state index is 0.203. The number of nitrogens with one attached hydrogen (secondary N) is 1. The van der Waals surface area contributed by atoms with Gasteiger partial charge >= 0.3 is 0 Å². The summed E-state index contributed by atoms with van der Waals surface area (Å²) in [5.41, 5.74) is 4.10. The molecule has 3 rings (SSSR count). The Labute approximate surface area is 117 Å². The zero-order valence-corrected chi connectivity index (χ0v) is 11.8. The first kappa shape index (κ1) is 12.6. The number of rotatable bonds is 3. The van der Waals surface area contributed by atoms with Gasteiger partial charge in [0.2, 0.25) is 0 Å². The maximum Gasteiger partial charge on any atom is 0.157 e. The number of hydrogen-bond acceptors (Lipinski definition) is 4. The van der Waals surface area contributed by atoms with Crippen molar-refractivity contribution in [2.45, 2.75) is 19.9 Å². The van der Waals surface area contributed by atoms with Gasteiger partial charge in [-0.15, -0.1) is 0 Å². The second-order valence-corrected chi connectivity index (χ2v) is 4.95. The summed E-state index contributed by atoms with van der Waals surface area (Å²) < 4.78 is 1.81. The molecule has 0 aliphatic rings. The minimum Gasteiger partial charge on any atom is -0.377 e. The summed E-state index contributed by atoms with van der Waals surface area (Å²) in [5.74, 6) is 0. The van der Waals surface area contributed by atoms with E-state index in [0.717, 1.165) is 22.4 Å². The lowest BCUT2D eigenvalue weighted by molar-refractivity contribution is 0.773. The molecule has 3 aromatic rings. The Bertz CT molecular complexity index is 733. The summed E-state index contributed by atoms with van der Waals surface area (Å²) in [5, 5.41) is 8.93. The number of nitrogens with zero attached hydrogens (tertiary/aromatic N) is 4. The first-order chi connectivity index (χ1) is 9.65. The van der Waals surface area contributed by atoms with Gasteiger partial charge in [-0.05, 0) is 37.6 Å². The van der Waals surface area contributed by atoms with Crippen molar-refractivity contribution in [3.8, 4) is 0 Å². The van der Waals surface area contributed by atoms with Crippen LogP contribution < -0.4 is 5.32 Å². The van der Waals surface area contributed by atoms with Gasteiger partial charge in [0, 0.05) is 30.9 Å². The van der Waals surface area contributed by atoms with Crippen molar-refractivity contribution < 1.29 is 0 Å². The van der Waals surface area contributed by atoms with Crippen LogP contribution >= 0.6 is 0 Å². The minimum absolute atomic E-state index is 0.203. The van der Waals surface area contributed by atoms with Crippen LogP contribution in [0.2, 0.25) is 0 Å². The standard InChI is InChI=1S/C15H17N5/c1-10(12-4-6-16-7-5-12)18-13-8-14-11(2)19-20(3)15(14)17-9-13/h4-10,18H,1-3H3. The summed E-state index contributed by atoms with van der Waals surface area (Å²) in [4.78, 5) is 8.51. The molecule has 0 radical (unpaired) electrons. The molecule has 0 spiro atoms. The number of anilines is 1. The van der Waals surface area contributed by atoms with Crippen LogP contribution in [0.5, 0.6) is 0 Å². The molecule has 0 aromatic carbocycles. The van der Waals surface area contributed by atoms with E-state index in [1.165, 1.54) is 5.56 Å². The Morgan fingerprint density at radius 3 is 2.75 bits per heavy atom. The molecule has 0 bridgehead atoms.